The minimum Gasteiger partial charge on any atom is -0.341 e. The largest absolute Gasteiger partial charge is 0.341 e. The summed E-state index contributed by atoms with van der Waals surface area (Å²) in [6, 6.07) is 0.850. The summed E-state index contributed by atoms with van der Waals surface area (Å²) in [6.07, 6.45) is 3.43. The molecule has 1 saturated heterocycles. The highest BCUT2D eigenvalue weighted by Gasteiger charge is 2.34. The number of hydrogen-bond acceptors (Lipinski definition) is 4. The predicted octanol–water partition coefficient (Wildman–Crippen LogP) is 1.24. The average molecular weight is 238 g/mol. The zero-order chi connectivity index (χ0) is 11.1. The highest BCUT2D eigenvalue weighted by atomic mass is 32.1. The van der Waals surface area contributed by atoms with E-state index in [0.29, 0.717) is 17.2 Å². The first-order valence-corrected chi connectivity index (χ1v) is 6.32. The third-order valence-corrected chi connectivity index (χ3v) is 4.30. The lowest BCUT2D eigenvalue weighted by atomic mass is 10.1. The Morgan fingerprint density at radius 3 is 3.25 bits per heavy atom. The van der Waals surface area contributed by atoms with Gasteiger partial charge in [0.05, 0.1) is 5.69 Å². The highest BCUT2D eigenvalue weighted by Crippen LogP contribution is 2.40. The number of rotatable bonds is 1. The second-order valence-corrected chi connectivity index (χ2v) is 5.26. The lowest BCUT2D eigenvalue weighted by Gasteiger charge is -2.19. The van der Waals surface area contributed by atoms with Gasteiger partial charge in [-0.3, -0.25) is 5.32 Å². The maximum absolute atomic E-state index is 11.2. The van der Waals surface area contributed by atoms with Crippen molar-refractivity contribution in [2.45, 2.75) is 31.3 Å². The Hall–Kier alpha value is -1.14. The van der Waals surface area contributed by atoms with Crippen LogP contribution in [-0.4, -0.2) is 24.1 Å². The molecule has 16 heavy (non-hydrogen) atoms. The Balaban J connectivity index is 1.84. The topological polar surface area (TPSA) is 66.0 Å². The van der Waals surface area contributed by atoms with Crippen LogP contribution in [0.25, 0.3) is 0 Å². The summed E-state index contributed by atoms with van der Waals surface area (Å²) < 4.78 is 0. The van der Waals surface area contributed by atoms with E-state index in [1.165, 1.54) is 23.4 Å². The molecule has 86 valence electrons. The molecule has 2 amide bonds. The molecule has 0 spiro atoms. The molecule has 2 aliphatic heterocycles. The summed E-state index contributed by atoms with van der Waals surface area (Å²) >= 11 is 1.59. The normalized spacial score (nSPS) is 26.3. The fourth-order valence-corrected chi connectivity index (χ4v) is 3.50. The van der Waals surface area contributed by atoms with Gasteiger partial charge in [-0.15, -0.1) is 0 Å². The highest BCUT2D eigenvalue weighted by molar-refractivity contribution is 7.16. The van der Waals surface area contributed by atoms with Crippen LogP contribution < -0.4 is 16.0 Å². The number of thiazole rings is 1. The molecule has 1 aromatic rings. The summed E-state index contributed by atoms with van der Waals surface area (Å²) in [5.41, 5.74) is 1.17. The van der Waals surface area contributed by atoms with E-state index in [2.05, 4.69) is 20.9 Å². The number of carbonyl (C=O) groups is 1. The molecule has 1 fully saturated rings. The summed E-state index contributed by atoms with van der Waals surface area (Å²) in [5.74, 6) is 0. The second kappa shape index (κ2) is 3.71. The van der Waals surface area contributed by atoms with Crippen LogP contribution in [0.15, 0.2) is 0 Å². The van der Waals surface area contributed by atoms with E-state index in [1.807, 2.05) is 0 Å². The number of hydrogen-bond donors (Lipinski definition) is 3. The fraction of sp³-hybridized carbons (Fsp3) is 0.600. The minimum absolute atomic E-state index is 0.204. The third-order valence-electron chi connectivity index (χ3n) is 3.17. The number of anilines is 1. The third kappa shape index (κ3) is 1.58. The Labute approximate surface area is 97.6 Å². The lowest BCUT2D eigenvalue weighted by Crippen LogP contribution is -2.31. The number of aromatic nitrogens is 1. The smallest absolute Gasteiger partial charge is 0.320 e. The van der Waals surface area contributed by atoms with E-state index in [0.717, 1.165) is 6.42 Å². The van der Waals surface area contributed by atoms with E-state index in [4.69, 9.17) is 0 Å². The molecular formula is C10H14N4OS. The number of nitrogens with one attached hydrogen (secondary N) is 3. The molecule has 0 saturated carbocycles. The van der Waals surface area contributed by atoms with Gasteiger partial charge >= 0.3 is 6.03 Å². The van der Waals surface area contributed by atoms with Crippen molar-refractivity contribution in [2.75, 3.05) is 12.4 Å². The quantitative estimate of drug-likeness (QED) is 0.689. The maximum atomic E-state index is 11.2. The van der Waals surface area contributed by atoms with E-state index in [-0.39, 0.29) is 6.03 Å². The van der Waals surface area contributed by atoms with Crippen molar-refractivity contribution in [3.8, 4) is 0 Å². The van der Waals surface area contributed by atoms with Gasteiger partial charge in [-0.2, -0.15) is 0 Å². The zero-order valence-electron chi connectivity index (χ0n) is 9.04. The van der Waals surface area contributed by atoms with Crippen LogP contribution in [0.5, 0.6) is 0 Å². The maximum Gasteiger partial charge on any atom is 0.320 e. The molecule has 0 aliphatic carbocycles. The van der Waals surface area contributed by atoms with Gasteiger partial charge in [0, 0.05) is 30.4 Å². The number of fused-ring (bicyclic) bond motifs is 4. The average Bonchev–Trinajstić information content (AvgIpc) is 2.84. The predicted molar refractivity (Wildman–Crippen MR) is 62.8 cm³/mol. The van der Waals surface area contributed by atoms with Crippen LogP contribution in [0.4, 0.5) is 9.93 Å². The first-order chi connectivity index (χ1) is 7.76. The van der Waals surface area contributed by atoms with E-state index in [9.17, 15) is 4.79 Å². The standard InChI is InChI=1S/C10H14N4OS/c1-11-9(15)14-10-13-7-4-5-2-3-6(12-5)8(7)16-10/h5-6,12H,2-4H2,1H3,(H2,11,13,14,15). The molecule has 0 aromatic carbocycles. The first-order valence-electron chi connectivity index (χ1n) is 5.50. The first kappa shape index (κ1) is 10.0. The van der Waals surface area contributed by atoms with Crippen LogP contribution in [0.3, 0.4) is 0 Å². The molecule has 1 aromatic heterocycles. The van der Waals surface area contributed by atoms with Crippen molar-refractivity contribution < 1.29 is 4.79 Å². The number of amides is 2. The van der Waals surface area contributed by atoms with Gasteiger partial charge in [-0.1, -0.05) is 11.3 Å². The van der Waals surface area contributed by atoms with Crippen molar-refractivity contribution in [1.82, 2.24) is 15.6 Å². The van der Waals surface area contributed by atoms with Crippen LogP contribution in [-0.2, 0) is 6.42 Å². The molecule has 2 aliphatic rings. The summed E-state index contributed by atoms with van der Waals surface area (Å²) in [6.45, 7) is 0. The van der Waals surface area contributed by atoms with Crippen LogP contribution in [0, 0.1) is 0 Å². The number of carbonyl (C=O) groups excluding carboxylic acids is 1. The van der Waals surface area contributed by atoms with Gasteiger partial charge in [-0.05, 0) is 12.8 Å². The van der Waals surface area contributed by atoms with Crippen LogP contribution in [0.1, 0.15) is 29.5 Å². The molecule has 3 rings (SSSR count). The Morgan fingerprint density at radius 1 is 1.56 bits per heavy atom. The molecule has 2 unspecified atom stereocenters. The van der Waals surface area contributed by atoms with Gasteiger partial charge in [0.1, 0.15) is 0 Å². The molecule has 5 nitrogen and oxygen atoms in total. The van der Waals surface area contributed by atoms with E-state index >= 15 is 0 Å². The zero-order valence-corrected chi connectivity index (χ0v) is 9.86. The molecule has 2 atom stereocenters. The number of urea groups is 1. The SMILES string of the molecule is CNC(=O)Nc1nc2c(s1)C1CCC(C2)N1. The lowest BCUT2D eigenvalue weighted by molar-refractivity contribution is 0.254. The molecule has 3 heterocycles. The molecule has 0 radical (unpaired) electrons. The minimum atomic E-state index is -0.204. The summed E-state index contributed by atoms with van der Waals surface area (Å²) in [5, 5.41) is 9.54. The Morgan fingerprint density at radius 2 is 2.44 bits per heavy atom. The van der Waals surface area contributed by atoms with Gasteiger partial charge < -0.3 is 10.6 Å². The second-order valence-electron chi connectivity index (χ2n) is 4.23. The monoisotopic (exact) mass is 238 g/mol. The van der Waals surface area contributed by atoms with Gasteiger partial charge in [0.25, 0.3) is 0 Å². The van der Waals surface area contributed by atoms with Crippen molar-refractivity contribution in [1.29, 1.82) is 0 Å². The van der Waals surface area contributed by atoms with E-state index < -0.39 is 0 Å². The summed E-state index contributed by atoms with van der Waals surface area (Å²) in [7, 11) is 1.60. The van der Waals surface area contributed by atoms with Gasteiger partial charge in [0.2, 0.25) is 0 Å². The van der Waals surface area contributed by atoms with Crippen molar-refractivity contribution in [2.24, 2.45) is 0 Å². The molecule has 3 N–H and O–H groups in total. The molecule has 2 bridgehead atoms. The Bertz CT molecular complexity index is 430. The van der Waals surface area contributed by atoms with Crippen molar-refractivity contribution >= 4 is 22.5 Å². The van der Waals surface area contributed by atoms with Gasteiger partial charge in [0.15, 0.2) is 5.13 Å². The Kier molecular flexibility index (Phi) is 2.33. The van der Waals surface area contributed by atoms with Crippen LogP contribution >= 0.6 is 11.3 Å². The number of nitrogens with zero attached hydrogens (tertiary/aromatic N) is 1. The van der Waals surface area contributed by atoms with Crippen molar-refractivity contribution in [3.05, 3.63) is 10.6 Å². The molecule has 6 heteroatoms. The molecular weight excluding hydrogens is 224 g/mol. The van der Waals surface area contributed by atoms with E-state index in [1.54, 1.807) is 18.4 Å². The summed E-state index contributed by atoms with van der Waals surface area (Å²) in [4.78, 5) is 17.0. The van der Waals surface area contributed by atoms with Gasteiger partial charge in [-0.25, -0.2) is 9.78 Å². The fourth-order valence-electron chi connectivity index (χ4n) is 2.42. The van der Waals surface area contributed by atoms with Crippen molar-refractivity contribution in [3.63, 3.8) is 0 Å². The van der Waals surface area contributed by atoms with Crippen LogP contribution in [0.2, 0.25) is 0 Å².